The number of hydrogen-bond acceptors (Lipinski definition) is 3. The van der Waals surface area contributed by atoms with Crippen molar-refractivity contribution in [3.8, 4) is 0 Å². The third-order valence-electron chi connectivity index (χ3n) is 5.24. The Balaban J connectivity index is 1.68. The number of Topliss-reactive ketones (excluding diaryl/α,β-unsaturated/α-hetero) is 1. The minimum atomic E-state index is -0.914. The molecular weight excluding hydrogens is 346 g/mol. The maximum absolute atomic E-state index is 11.4. The summed E-state index contributed by atoms with van der Waals surface area (Å²) < 4.78 is 0.626. The summed E-state index contributed by atoms with van der Waals surface area (Å²) in [6.45, 7) is 1.96. The Labute approximate surface area is 138 Å². The average molecular weight is 366 g/mol. The molecular formula is C17H20BrNO3. The Bertz CT molecular complexity index is 594. The van der Waals surface area contributed by atoms with Gasteiger partial charge in [-0.1, -0.05) is 0 Å². The Hall–Kier alpha value is -1.36. The summed E-state index contributed by atoms with van der Waals surface area (Å²) in [5.41, 5.74) is 1.73. The lowest BCUT2D eigenvalue weighted by Crippen LogP contribution is -2.42. The zero-order valence-electron chi connectivity index (χ0n) is 12.5. The summed E-state index contributed by atoms with van der Waals surface area (Å²) in [5.74, 6) is -0.496. The Morgan fingerprint density at radius 2 is 1.77 bits per heavy atom. The van der Waals surface area contributed by atoms with Crippen molar-refractivity contribution >= 4 is 33.4 Å². The molecule has 1 aromatic rings. The maximum Gasteiger partial charge on any atom is 0.336 e. The monoisotopic (exact) mass is 365 g/mol. The van der Waals surface area contributed by atoms with Gasteiger partial charge in [-0.25, -0.2) is 4.79 Å². The van der Waals surface area contributed by atoms with Crippen LogP contribution in [-0.4, -0.2) is 29.9 Å². The number of rotatable bonds is 2. The first-order chi connectivity index (χ1) is 10.5. The molecule has 0 radical (unpaired) electrons. The van der Waals surface area contributed by atoms with Crippen molar-refractivity contribution in [2.45, 2.75) is 38.5 Å². The van der Waals surface area contributed by atoms with Crippen LogP contribution in [0.25, 0.3) is 0 Å². The first-order valence-electron chi connectivity index (χ1n) is 7.79. The fraction of sp³-hybridized carbons (Fsp3) is 0.529. The molecule has 1 aromatic carbocycles. The molecule has 0 aromatic heterocycles. The molecule has 1 spiro atoms. The van der Waals surface area contributed by atoms with Gasteiger partial charge in [0.1, 0.15) is 5.78 Å². The van der Waals surface area contributed by atoms with Gasteiger partial charge < -0.3 is 10.0 Å². The molecule has 1 heterocycles. The lowest BCUT2D eigenvalue weighted by molar-refractivity contribution is -0.122. The van der Waals surface area contributed by atoms with Crippen molar-refractivity contribution in [1.29, 1.82) is 0 Å². The highest BCUT2D eigenvalue weighted by molar-refractivity contribution is 9.10. The second kappa shape index (κ2) is 6.03. The van der Waals surface area contributed by atoms with Crippen LogP contribution in [0.15, 0.2) is 22.7 Å². The fourth-order valence-electron chi connectivity index (χ4n) is 3.67. The van der Waals surface area contributed by atoms with Crippen molar-refractivity contribution in [3.63, 3.8) is 0 Å². The largest absolute Gasteiger partial charge is 0.478 e. The van der Waals surface area contributed by atoms with Gasteiger partial charge in [0.15, 0.2) is 0 Å². The van der Waals surface area contributed by atoms with E-state index in [-0.39, 0.29) is 0 Å². The zero-order chi connectivity index (χ0) is 15.7. The minimum Gasteiger partial charge on any atom is -0.478 e. The maximum atomic E-state index is 11.4. The summed E-state index contributed by atoms with van der Waals surface area (Å²) in [5, 5.41) is 9.08. The van der Waals surface area contributed by atoms with Gasteiger partial charge in [-0.2, -0.15) is 0 Å². The number of ketones is 1. The summed E-state index contributed by atoms with van der Waals surface area (Å²) in [4.78, 5) is 24.8. The number of piperidine rings is 1. The molecule has 4 nitrogen and oxygen atoms in total. The van der Waals surface area contributed by atoms with Crippen LogP contribution in [0.3, 0.4) is 0 Å². The van der Waals surface area contributed by atoms with Crippen molar-refractivity contribution in [1.82, 2.24) is 0 Å². The second-order valence-electron chi connectivity index (χ2n) is 6.50. The Kier molecular flexibility index (Phi) is 4.26. The highest BCUT2D eigenvalue weighted by Gasteiger charge is 2.37. The number of anilines is 1. The minimum absolute atomic E-state index is 0.294. The molecule has 1 saturated carbocycles. The SMILES string of the molecule is O=C1CCC2(CC1)CCN(c1ccc(C(=O)O)c(Br)c1)CC2. The fourth-order valence-corrected chi connectivity index (χ4v) is 4.21. The Morgan fingerprint density at radius 3 is 2.32 bits per heavy atom. The highest BCUT2D eigenvalue weighted by atomic mass is 79.9. The molecule has 5 heteroatoms. The quantitative estimate of drug-likeness (QED) is 0.863. The van der Waals surface area contributed by atoms with Gasteiger partial charge in [-0.3, -0.25) is 4.79 Å². The summed E-state index contributed by atoms with van der Waals surface area (Å²) >= 11 is 3.35. The molecule has 118 valence electrons. The third kappa shape index (κ3) is 3.05. The van der Waals surface area contributed by atoms with Crippen molar-refractivity contribution in [3.05, 3.63) is 28.2 Å². The number of carboxylic acids is 1. The van der Waals surface area contributed by atoms with Crippen LogP contribution in [0.5, 0.6) is 0 Å². The van der Waals surface area contributed by atoms with Gasteiger partial charge in [-0.05, 0) is 65.2 Å². The molecule has 1 saturated heterocycles. The summed E-state index contributed by atoms with van der Waals surface area (Å²) in [6, 6.07) is 5.44. The van der Waals surface area contributed by atoms with Gasteiger partial charge in [0.05, 0.1) is 5.56 Å². The van der Waals surface area contributed by atoms with Crippen molar-refractivity contribution in [2.24, 2.45) is 5.41 Å². The zero-order valence-corrected chi connectivity index (χ0v) is 14.1. The van der Waals surface area contributed by atoms with Gasteiger partial charge in [-0.15, -0.1) is 0 Å². The lowest BCUT2D eigenvalue weighted by atomic mass is 9.68. The van der Waals surface area contributed by atoms with E-state index in [1.807, 2.05) is 12.1 Å². The number of carbonyl (C=O) groups excluding carboxylic acids is 1. The van der Waals surface area contributed by atoms with Crippen LogP contribution in [0.1, 0.15) is 48.9 Å². The summed E-state index contributed by atoms with van der Waals surface area (Å²) in [7, 11) is 0. The lowest BCUT2D eigenvalue weighted by Gasteiger charge is -2.44. The predicted octanol–water partition coefficient (Wildman–Crippen LogP) is 3.88. The van der Waals surface area contributed by atoms with E-state index in [0.29, 0.717) is 21.2 Å². The van der Waals surface area contributed by atoms with Crippen molar-refractivity contribution < 1.29 is 14.7 Å². The van der Waals surface area contributed by atoms with E-state index < -0.39 is 5.97 Å². The molecule has 0 unspecified atom stereocenters. The van der Waals surface area contributed by atoms with Gasteiger partial charge in [0, 0.05) is 36.1 Å². The highest BCUT2D eigenvalue weighted by Crippen LogP contribution is 2.44. The number of carboxylic acid groups (broad SMARTS) is 1. The second-order valence-corrected chi connectivity index (χ2v) is 7.35. The van der Waals surface area contributed by atoms with Crippen LogP contribution >= 0.6 is 15.9 Å². The number of nitrogens with zero attached hydrogens (tertiary/aromatic N) is 1. The van der Waals surface area contributed by atoms with Crippen molar-refractivity contribution in [2.75, 3.05) is 18.0 Å². The van der Waals surface area contributed by atoms with Gasteiger partial charge in [0.2, 0.25) is 0 Å². The van der Waals surface area contributed by atoms with Crippen LogP contribution in [0, 0.1) is 5.41 Å². The van der Waals surface area contributed by atoms with E-state index in [1.165, 1.54) is 0 Å². The molecule has 3 rings (SSSR count). The normalized spacial score (nSPS) is 21.1. The number of carbonyl (C=O) groups is 2. The van der Waals surface area contributed by atoms with E-state index in [1.54, 1.807) is 6.07 Å². The smallest absolute Gasteiger partial charge is 0.336 e. The van der Waals surface area contributed by atoms with E-state index in [2.05, 4.69) is 20.8 Å². The molecule has 22 heavy (non-hydrogen) atoms. The topological polar surface area (TPSA) is 57.6 Å². The molecule has 2 fully saturated rings. The average Bonchev–Trinajstić information content (AvgIpc) is 2.51. The molecule has 1 aliphatic heterocycles. The van der Waals surface area contributed by atoms with E-state index in [4.69, 9.17) is 5.11 Å². The Morgan fingerprint density at radius 1 is 1.14 bits per heavy atom. The van der Waals surface area contributed by atoms with Crippen LogP contribution in [0.4, 0.5) is 5.69 Å². The number of halogens is 1. The first-order valence-corrected chi connectivity index (χ1v) is 8.58. The molecule has 1 N–H and O–H groups in total. The molecule has 0 amide bonds. The first kappa shape index (κ1) is 15.5. The standard InChI is InChI=1S/C17H20BrNO3/c18-15-11-12(1-2-14(15)16(21)22)19-9-7-17(8-10-19)5-3-13(20)4-6-17/h1-2,11H,3-10H2,(H,21,22). The molecule has 0 bridgehead atoms. The number of benzene rings is 1. The van der Waals surface area contributed by atoms with E-state index in [9.17, 15) is 9.59 Å². The van der Waals surface area contributed by atoms with Gasteiger partial charge >= 0.3 is 5.97 Å². The van der Waals surface area contributed by atoms with Crippen LogP contribution in [-0.2, 0) is 4.79 Å². The number of aromatic carboxylic acids is 1. The predicted molar refractivity (Wildman–Crippen MR) is 88.5 cm³/mol. The van der Waals surface area contributed by atoms with Gasteiger partial charge in [0.25, 0.3) is 0 Å². The van der Waals surface area contributed by atoms with Crippen LogP contribution in [0.2, 0.25) is 0 Å². The van der Waals surface area contributed by atoms with Crippen LogP contribution < -0.4 is 4.90 Å². The molecule has 0 atom stereocenters. The number of hydrogen-bond donors (Lipinski definition) is 1. The van der Waals surface area contributed by atoms with E-state index in [0.717, 1.165) is 57.3 Å². The third-order valence-corrected chi connectivity index (χ3v) is 5.90. The summed E-state index contributed by atoms with van der Waals surface area (Å²) in [6.07, 6.45) is 5.83. The molecule has 2 aliphatic rings. The van der Waals surface area contributed by atoms with E-state index >= 15 is 0 Å². The molecule has 1 aliphatic carbocycles.